The van der Waals surface area contributed by atoms with Crippen LogP contribution in [0.15, 0.2) is 18.2 Å². The number of ether oxygens (including phenoxy) is 1. The monoisotopic (exact) mass is 362 g/mol. The van der Waals surface area contributed by atoms with Gasteiger partial charge in [-0.05, 0) is 18.6 Å². The molecule has 138 valence electrons. The van der Waals surface area contributed by atoms with Crippen LogP contribution in [0.2, 0.25) is 0 Å². The normalized spacial score (nSPS) is 13.5. The lowest BCUT2D eigenvalue weighted by Crippen LogP contribution is -2.32. The average Bonchev–Trinajstić information content (AvgIpc) is 2.86. The Balaban J connectivity index is 2.24. The summed E-state index contributed by atoms with van der Waals surface area (Å²) < 4.78 is 4.99. The van der Waals surface area contributed by atoms with Crippen molar-refractivity contribution in [2.24, 2.45) is 0 Å². The molecular weight excluding hydrogens is 344 g/mol. The van der Waals surface area contributed by atoms with E-state index in [0.29, 0.717) is 23.6 Å². The van der Waals surface area contributed by atoms with E-state index in [2.05, 4.69) is 5.32 Å². The van der Waals surface area contributed by atoms with Crippen LogP contribution in [0.3, 0.4) is 0 Å². The number of nitrogens with one attached hydrogen (secondary N) is 1. The molecule has 3 amide bonds. The van der Waals surface area contributed by atoms with E-state index in [1.54, 1.807) is 0 Å². The third-order valence-electron chi connectivity index (χ3n) is 3.40. The maximum atomic E-state index is 12.3. The second kappa shape index (κ2) is 8.24. The van der Waals surface area contributed by atoms with Gasteiger partial charge in [0.05, 0.1) is 0 Å². The van der Waals surface area contributed by atoms with Crippen molar-refractivity contribution in [3.8, 4) is 5.75 Å². The number of carbonyl (C=O) groups is 5. The van der Waals surface area contributed by atoms with Gasteiger partial charge in [0, 0.05) is 37.9 Å². The number of anilines is 1. The number of imide groups is 1. The third-order valence-corrected chi connectivity index (χ3v) is 3.40. The number of rotatable bonds is 6. The largest absolute Gasteiger partial charge is 0.426 e. The summed E-state index contributed by atoms with van der Waals surface area (Å²) in [5.41, 5.74) is 0.158. The van der Waals surface area contributed by atoms with E-state index in [9.17, 15) is 24.0 Å². The lowest BCUT2D eigenvalue weighted by molar-refractivity contribution is -0.172. The topological polar surface area (TPSA) is 119 Å². The molecule has 0 spiro atoms. The van der Waals surface area contributed by atoms with E-state index in [1.165, 1.54) is 18.2 Å². The van der Waals surface area contributed by atoms with E-state index in [0.717, 1.165) is 6.92 Å². The predicted molar refractivity (Wildman–Crippen MR) is 87.8 cm³/mol. The zero-order valence-corrected chi connectivity index (χ0v) is 14.4. The second-order valence-corrected chi connectivity index (χ2v) is 5.56. The molecule has 0 aliphatic carbocycles. The minimum Gasteiger partial charge on any atom is -0.426 e. The van der Waals surface area contributed by atoms with E-state index in [-0.39, 0.29) is 30.1 Å². The number of nitrogens with zero attached hydrogens (tertiary/aromatic N) is 1. The molecule has 2 rings (SSSR count). The van der Waals surface area contributed by atoms with Crippen molar-refractivity contribution in [2.75, 3.05) is 5.32 Å². The fraction of sp³-hybridized carbons (Fsp3) is 0.353. The molecule has 0 saturated carbocycles. The molecule has 1 fully saturated rings. The molecule has 1 aliphatic heterocycles. The van der Waals surface area contributed by atoms with Crippen molar-refractivity contribution in [1.29, 1.82) is 0 Å². The number of esters is 1. The van der Waals surface area contributed by atoms with Crippen LogP contribution in [0.4, 0.5) is 5.69 Å². The quantitative estimate of drug-likeness (QED) is 0.463. The molecule has 1 aromatic rings. The Kier molecular flexibility index (Phi) is 6.05. The molecule has 1 heterocycles. The summed E-state index contributed by atoms with van der Waals surface area (Å²) >= 11 is 0. The molecule has 9 nitrogen and oxygen atoms in total. The number of carbonyl (C=O) groups excluding carboxylic acids is 5. The molecular formula is C17H18N2O7. The van der Waals surface area contributed by atoms with Gasteiger partial charge in [0.15, 0.2) is 0 Å². The summed E-state index contributed by atoms with van der Waals surface area (Å²) in [5, 5.41) is 3.01. The first kappa shape index (κ1) is 19.1. The van der Waals surface area contributed by atoms with Crippen molar-refractivity contribution < 1.29 is 33.5 Å². The first-order valence-corrected chi connectivity index (χ1v) is 8.02. The molecule has 0 atom stereocenters. The van der Waals surface area contributed by atoms with Crippen molar-refractivity contribution in [3.63, 3.8) is 0 Å². The minimum atomic E-state index is -1.03. The fourth-order valence-electron chi connectivity index (χ4n) is 2.25. The van der Waals surface area contributed by atoms with E-state index in [4.69, 9.17) is 9.57 Å². The predicted octanol–water partition coefficient (Wildman–Crippen LogP) is 1.57. The third kappa shape index (κ3) is 4.65. The van der Waals surface area contributed by atoms with Gasteiger partial charge in [0.1, 0.15) is 11.3 Å². The Labute approximate surface area is 149 Å². The molecule has 1 saturated heterocycles. The minimum absolute atomic E-state index is 0.0364. The van der Waals surface area contributed by atoms with Gasteiger partial charge in [0.25, 0.3) is 11.8 Å². The fourth-order valence-corrected chi connectivity index (χ4v) is 2.25. The van der Waals surface area contributed by atoms with Crippen LogP contribution in [0.25, 0.3) is 0 Å². The van der Waals surface area contributed by atoms with Gasteiger partial charge in [-0.25, -0.2) is 4.79 Å². The summed E-state index contributed by atoms with van der Waals surface area (Å²) in [6.07, 6.45) is 0.896. The number of hydroxylamine groups is 2. The van der Waals surface area contributed by atoms with Gasteiger partial charge in [-0.3, -0.25) is 19.2 Å². The van der Waals surface area contributed by atoms with Crippen LogP contribution in [-0.4, -0.2) is 34.7 Å². The van der Waals surface area contributed by atoms with Crippen molar-refractivity contribution in [3.05, 3.63) is 23.8 Å². The maximum Gasteiger partial charge on any atom is 0.367 e. The van der Waals surface area contributed by atoms with Gasteiger partial charge >= 0.3 is 11.9 Å². The lowest BCUT2D eigenvalue weighted by Gasteiger charge is -2.15. The number of hydrogen-bond acceptors (Lipinski definition) is 7. The summed E-state index contributed by atoms with van der Waals surface area (Å²) in [6.45, 7) is 2.99. The highest BCUT2D eigenvalue weighted by Gasteiger charge is 2.34. The van der Waals surface area contributed by atoms with Crippen molar-refractivity contribution in [2.45, 2.75) is 39.5 Å². The number of hydrogen-bond donors (Lipinski definition) is 1. The summed E-state index contributed by atoms with van der Waals surface area (Å²) in [6, 6.07) is 3.98. The lowest BCUT2D eigenvalue weighted by atomic mass is 10.1. The van der Waals surface area contributed by atoms with Crippen molar-refractivity contribution in [1.82, 2.24) is 5.06 Å². The molecule has 1 aromatic carbocycles. The number of benzene rings is 1. The molecule has 1 N–H and O–H groups in total. The highest BCUT2D eigenvalue weighted by molar-refractivity contribution is 6.03. The zero-order valence-electron chi connectivity index (χ0n) is 14.4. The Hall–Kier alpha value is -3.23. The smallest absolute Gasteiger partial charge is 0.367 e. The highest BCUT2D eigenvalue weighted by Crippen LogP contribution is 2.26. The van der Waals surface area contributed by atoms with Crippen LogP contribution in [0.5, 0.6) is 5.75 Å². The molecule has 9 heteroatoms. The summed E-state index contributed by atoms with van der Waals surface area (Å²) in [5.74, 6) is -3.36. The van der Waals surface area contributed by atoms with E-state index < -0.39 is 23.8 Å². The van der Waals surface area contributed by atoms with Gasteiger partial charge in [0.2, 0.25) is 5.91 Å². The second-order valence-electron chi connectivity index (χ2n) is 5.56. The van der Waals surface area contributed by atoms with Crippen LogP contribution in [0, 0.1) is 0 Å². The molecule has 0 bridgehead atoms. The Morgan fingerprint density at radius 3 is 2.38 bits per heavy atom. The molecule has 26 heavy (non-hydrogen) atoms. The van der Waals surface area contributed by atoms with E-state index >= 15 is 0 Å². The standard InChI is InChI=1S/C17H18N2O7/c1-3-4-14(21)18-11-5-6-12(13(9-11)25-10(2)20)17(24)26-19-15(22)7-8-16(19)23/h5-6,9H,3-4,7-8H2,1-2H3,(H,18,21). The zero-order chi connectivity index (χ0) is 19.3. The highest BCUT2D eigenvalue weighted by atomic mass is 16.7. The van der Waals surface area contributed by atoms with Gasteiger partial charge < -0.3 is 14.9 Å². The molecule has 0 aromatic heterocycles. The van der Waals surface area contributed by atoms with Crippen LogP contribution in [-0.2, 0) is 24.0 Å². The van der Waals surface area contributed by atoms with E-state index in [1.807, 2.05) is 6.92 Å². The van der Waals surface area contributed by atoms with Gasteiger partial charge in [-0.2, -0.15) is 0 Å². The average molecular weight is 362 g/mol. The van der Waals surface area contributed by atoms with Gasteiger partial charge in [-0.15, -0.1) is 5.06 Å². The SMILES string of the molecule is CCCC(=O)Nc1ccc(C(=O)ON2C(=O)CCC2=O)c(OC(C)=O)c1. The van der Waals surface area contributed by atoms with Gasteiger partial charge in [-0.1, -0.05) is 6.92 Å². The van der Waals surface area contributed by atoms with Crippen LogP contribution >= 0.6 is 0 Å². The first-order valence-electron chi connectivity index (χ1n) is 8.02. The Morgan fingerprint density at radius 1 is 1.15 bits per heavy atom. The first-order chi connectivity index (χ1) is 12.3. The summed E-state index contributed by atoms with van der Waals surface area (Å²) in [4.78, 5) is 63.2. The number of amides is 3. The van der Waals surface area contributed by atoms with Crippen LogP contribution < -0.4 is 10.1 Å². The van der Waals surface area contributed by atoms with Crippen molar-refractivity contribution >= 4 is 35.3 Å². The molecule has 0 unspecified atom stereocenters. The van der Waals surface area contributed by atoms with Crippen LogP contribution in [0.1, 0.15) is 49.9 Å². The Bertz CT molecular complexity index is 756. The molecule has 0 radical (unpaired) electrons. The maximum absolute atomic E-state index is 12.3. The molecule has 1 aliphatic rings. The Morgan fingerprint density at radius 2 is 1.81 bits per heavy atom. The summed E-state index contributed by atoms with van der Waals surface area (Å²) in [7, 11) is 0.